The summed E-state index contributed by atoms with van der Waals surface area (Å²) in [6, 6.07) is 11.6. The average Bonchev–Trinajstić information content (AvgIpc) is 2.60. The SMILES string of the molecule is COc1cccc(OCC(=O)Oc2ccc3c(c2)NC(=O)CO3)c1. The number of methoxy groups -OCH3 is 1. The Morgan fingerprint density at radius 3 is 2.83 bits per heavy atom. The van der Waals surface area contributed by atoms with Crippen LogP contribution in [0.5, 0.6) is 23.0 Å². The van der Waals surface area contributed by atoms with Crippen LogP contribution in [0.25, 0.3) is 0 Å². The second kappa shape index (κ2) is 6.91. The fourth-order valence-corrected chi connectivity index (χ4v) is 2.12. The summed E-state index contributed by atoms with van der Waals surface area (Å²) in [5.41, 5.74) is 0.463. The van der Waals surface area contributed by atoms with Gasteiger partial charge in [-0.25, -0.2) is 4.79 Å². The standard InChI is InChI=1S/C17H15NO6/c1-21-11-3-2-4-12(7-11)22-10-17(20)24-13-5-6-15-14(8-13)18-16(19)9-23-15/h2-8H,9-10H2,1H3,(H,18,19). The van der Waals surface area contributed by atoms with Gasteiger partial charge in [0.1, 0.15) is 23.0 Å². The van der Waals surface area contributed by atoms with E-state index >= 15 is 0 Å². The molecule has 7 heteroatoms. The Balaban J connectivity index is 1.58. The van der Waals surface area contributed by atoms with Crippen LogP contribution in [0.1, 0.15) is 0 Å². The van der Waals surface area contributed by atoms with Crippen molar-refractivity contribution in [1.82, 2.24) is 0 Å². The monoisotopic (exact) mass is 329 g/mol. The molecule has 1 heterocycles. The minimum atomic E-state index is -0.569. The molecule has 2 aromatic rings. The maximum atomic E-state index is 11.9. The van der Waals surface area contributed by atoms with Crippen molar-refractivity contribution in [2.45, 2.75) is 0 Å². The summed E-state index contributed by atoms with van der Waals surface area (Å²) < 4.78 is 20.9. The third-order valence-corrected chi connectivity index (χ3v) is 3.21. The van der Waals surface area contributed by atoms with Crippen molar-refractivity contribution in [1.29, 1.82) is 0 Å². The molecule has 0 unspecified atom stereocenters. The molecule has 0 saturated heterocycles. The van der Waals surface area contributed by atoms with Crippen molar-refractivity contribution in [3.8, 4) is 23.0 Å². The van der Waals surface area contributed by atoms with Gasteiger partial charge in [0.15, 0.2) is 13.2 Å². The van der Waals surface area contributed by atoms with Crippen molar-refractivity contribution >= 4 is 17.6 Å². The molecule has 0 atom stereocenters. The van der Waals surface area contributed by atoms with E-state index in [0.29, 0.717) is 28.7 Å². The number of amides is 1. The second-order valence-corrected chi connectivity index (χ2v) is 4.94. The van der Waals surface area contributed by atoms with Gasteiger partial charge in [-0.1, -0.05) is 6.07 Å². The molecule has 1 amide bonds. The first-order valence-electron chi connectivity index (χ1n) is 7.18. The van der Waals surface area contributed by atoms with Crippen LogP contribution in [0.4, 0.5) is 5.69 Å². The predicted octanol–water partition coefficient (Wildman–Crippen LogP) is 2.01. The van der Waals surface area contributed by atoms with E-state index in [1.54, 1.807) is 43.5 Å². The van der Waals surface area contributed by atoms with Crippen LogP contribution >= 0.6 is 0 Å². The number of nitrogens with one attached hydrogen (secondary N) is 1. The zero-order valence-corrected chi connectivity index (χ0v) is 12.9. The number of carbonyl (C=O) groups excluding carboxylic acids is 2. The van der Waals surface area contributed by atoms with Crippen molar-refractivity contribution in [2.75, 3.05) is 25.6 Å². The molecule has 0 bridgehead atoms. The van der Waals surface area contributed by atoms with Gasteiger partial charge in [-0.3, -0.25) is 4.79 Å². The van der Waals surface area contributed by atoms with E-state index in [9.17, 15) is 9.59 Å². The molecule has 1 N–H and O–H groups in total. The Labute approximate surface area is 138 Å². The Bertz CT molecular complexity index is 773. The lowest BCUT2D eigenvalue weighted by molar-refractivity contribution is -0.136. The molecule has 24 heavy (non-hydrogen) atoms. The number of ether oxygens (including phenoxy) is 4. The molecule has 0 aromatic heterocycles. The first-order chi connectivity index (χ1) is 11.6. The Kier molecular flexibility index (Phi) is 4.51. The quantitative estimate of drug-likeness (QED) is 0.667. The summed E-state index contributed by atoms with van der Waals surface area (Å²) >= 11 is 0. The number of fused-ring (bicyclic) bond motifs is 1. The van der Waals surface area contributed by atoms with Crippen LogP contribution in [0, 0.1) is 0 Å². The van der Waals surface area contributed by atoms with Gasteiger partial charge in [0.05, 0.1) is 12.8 Å². The summed E-state index contributed by atoms with van der Waals surface area (Å²) in [6.45, 7) is -0.284. The molecule has 0 aliphatic carbocycles. The number of carbonyl (C=O) groups is 2. The van der Waals surface area contributed by atoms with E-state index in [2.05, 4.69) is 5.32 Å². The van der Waals surface area contributed by atoms with Crippen molar-refractivity contribution in [3.63, 3.8) is 0 Å². The van der Waals surface area contributed by atoms with E-state index in [0.717, 1.165) is 0 Å². The average molecular weight is 329 g/mol. The fraction of sp³-hybridized carbons (Fsp3) is 0.176. The Morgan fingerprint density at radius 2 is 2.00 bits per heavy atom. The van der Waals surface area contributed by atoms with Crippen molar-refractivity contribution in [3.05, 3.63) is 42.5 Å². The zero-order valence-electron chi connectivity index (χ0n) is 12.9. The van der Waals surface area contributed by atoms with Crippen LogP contribution in [-0.4, -0.2) is 32.2 Å². The molecule has 2 aromatic carbocycles. The van der Waals surface area contributed by atoms with Crippen LogP contribution in [0.3, 0.4) is 0 Å². The topological polar surface area (TPSA) is 83.1 Å². The number of hydrogen-bond donors (Lipinski definition) is 1. The van der Waals surface area contributed by atoms with Crippen LogP contribution < -0.4 is 24.3 Å². The largest absolute Gasteiger partial charge is 0.497 e. The molecule has 0 spiro atoms. The van der Waals surface area contributed by atoms with Crippen molar-refractivity contribution < 1.29 is 28.5 Å². The van der Waals surface area contributed by atoms with E-state index < -0.39 is 5.97 Å². The van der Waals surface area contributed by atoms with Crippen LogP contribution in [-0.2, 0) is 9.59 Å². The predicted molar refractivity (Wildman–Crippen MR) is 84.7 cm³/mol. The van der Waals surface area contributed by atoms with Gasteiger partial charge in [0, 0.05) is 12.1 Å². The fourth-order valence-electron chi connectivity index (χ4n) is 2.12. The van der Waals surface area contributed by atoms with Gasteiger partial charge >= 0.3 is 5.97 Å². The van der Waals surface area contributed by atoms with Gasteiger partial charge in [-0.15, -0.1) is 0 Å². The first kappa shape index (κ1) is 15.7. The van der Waals surface area contributed by atoms with Gasteiger partial charge in [0.25, 0.3) is 5.91 Å². The highest BCUT2D eigenvalue weighted by atomic mass is 16.6. The van der Waals surface area contributed by atoms with Gasteiger partial charge < -0.3 is 24.3 Å². The van der Waals surface area contributed by atoms with E-state index in [4.69, 9.17) is 18.9 Å². The molecular weight excluding hydrogens is 314 g/mol. The summed E-state index contributed by atoms with van der Waals surface area (Å²) in [7, 11) is 1.55. The number of benzene rings is 2. The third kappa shape index (κ3) is 3.75. The molecule has 1 aliphatic rings. The smallest absolute Gasteiger partial charge is 0.349 e. The van der Waals surface area contributed by atoms with Crippen LogP contribution in [0.15, 0.2) is 42.5 Å². The Hall–Kier alpha value is -3.22. The zero-order chi connectivity index (χ0) is 16.9. The third-order valence-electron chi connectivity index (χ3n) is 3.21. The van der Waals surface area contributed by atoms with E-state index in [-0.39, 0.29) is 19.1 Å². The number of esters is 1. The maximum absolute atomic E-state index is 11.9. The summed E-state index contributed by atoms with van der Waals surface area (Å²) in [6.07, 6.45) is 0. The van der Waals surface area contributed by atoms with Crippen LogP contribution in [0.2, 0.25) is 0 Å². The highest BCUT2D eigenvalue weighted by Crippen LogP contribution is 2.31. The summed E-state index contributed by atoms with van der Waals surface area (Å²) in [4.78, 5) is 23.2. The van der Waals surface area contributed by atoms with E-state index in [1.165, 1.54) is 6.07 Å². The van der Waals surface area contributed by atoms with Gasteiger partial charge in [-0.2, -0.15) is 0 Å². The second-order valence-electron chi connectivity index (χ2n) is 4.94. The summed E-state index contributed by atoms with van der Waals surface area (Å²) in [5.74, 6) is 1.12. The number of hydrogen-bond acceptors (Lipinski definition) is 6. The normalized spacial score (nSPS) is 12.5. The van der Waals surface area contributed by atoms with Gasteiger partial charge in [0.2, 0.25) is 0 Å². The minimum absolute atomic E-state index is 0.0273. The number of rotatable bonds is 5. The van der Waals surface area contributed by atoms with Crippen molar-refractivity contribution in [2.24, 2.45) is 0 Å². The Morgan fingerprint density at radius 1 is 1.17 bits per heavy atom. The van der Waals surface area contributed by atoms with Gasteiger partial charge in [-0.05, 0) is 24.3 Å². The molecule has 3 rings (SSSR count). The lowest BCUT2D eigenvalue weighted by Crippen LogP contribution is -2.25. The molecular formula is C17H15NO6. The lowest BCUT2D eigenvalue weighted by Gasteiger charge is -2.18. The molecule has 1 aliphatic heterocycles. The highest BCUT2D eigenvalue weighted by molar-refractivity contribution is 5.95. The first-order valence-corrected chi connectivity index (χ1v) is 7.18. The molecule has 124 valence electrons. The minimum Gasteiger partial charge on any atom is -0.497 e. The van der Waals surface area contributed by atoms with E-state index in [1.807, 2.05) is 0 Å². The molecule has 0 radical (unpaired) electrons. The lowest BCUT2D eigenvalue weighted by atomic mass is 10.2. The molecule has 0 saturated carbocycles. The maximum Gasteiger partial charge on any atom is 0.349 e. The highest BCUT2D eigenvalue weighted by Gasteiger charge is 2.17. The summed E-state index contributed by atoms with van der Waals surface area (Å²) in [5, 5.41) is 2.64. The molecule has 7 nitrogen and oxygen atoms in total. The number of anilines is 1. The molecule has 0 fully saturated rings.